The maximum atomic E-state index is 10.6. The molecule has 1 heterocycles. The molecule has 2 atom stereocenters. The fourth-order valence-electron chi connectivity index (χ4n) is 3.71. The lowest BCUT2D eigenvalue weighted by molar-refractivity contribution is -0.0483. The summed E-state index contributed by atoms with van der Waals surface area (Å²) in [5.41, 5.74) is -0.0583. The molecule has 0 bridgehead atoms. The summed E-state index contributed by atoms with van der Waals surface area (Å²) in [7, 11) is 0. The van der Waals surface area contributed by atoms with Gasteiger partial charge in [0, 0.05) is 6.61 Å². The second kappa shape index (κ2) is 5.27. The van der Waals surface area contributed by atoms with Crippen LogP contribution >= 0.6 is 0 Å². The minimum absolute atomic E-state index is 0.330. The molecule has 1 saturated carbocycles. The number of aliphatic hydroxyl groups is 1. The molecule has 0 amide bonds. The lowest BCUT2D eigenvalue weighted by Crippen LogP contribution is -2.38. The minimum atomic E-state index is -0.389. The number of rotatable bonds is 4. The van der Waals surface area contributed by atoms with Crippen LogP contribution in [0.3, 0.4) is 0 Å². The summed E-state index contributed by atoms with van der Waals surface area (Å²) in [6.45, 7) is 5.52. The van der Waals surface area contributed by atoms with Gasteiger partial charge in [-0.2, -0.15) is 0 Å². The van der Waals surface area contributed by atoms with Gasteiger partial charge in [0.05, 0.1) is 11.7 Å². The Kier molecular flexibility index (Phi) is 4.14. The van der Waals surface area contributed by atoms with Crippen molar-refractivity contribution in [2.45, 2.75) is 83.3 Å². The molecule has 1 aliphatic heterocycles. The zero-order valence-electron chi connectivity index (χ0n) is 11.5. The summed E-state index contributed by atoms with van der Waals surface area (Å²) in [5.74, 6) is 0. The van der Waals surface area contributed by atoms with Crippen molar-refractivity contribution in [2.24, 2.45) is 5.41 Å². The van der Waals surface area contributed by atoms with Crippen LogP contribution in [0.25, 0.3) is 0 Å². The van der Waals surface area contributed by atoms with Crippen molar-refractivity contribution in [3.63, 3.8) is 0 Å². The van der Waals surface area contributed by atoms with Crippen molar-refractivity contribution >= 4 is 0 Å². The van der Waals surface area contributed by atoms with E-state index in [1.165, 1.54) is 25.7 Å². The van der Waals surface area contributed by atoms with Gasteiger partial charge in [-0.1, -0.05) is 20.3 Å². The molecule has 2 unspecified atom stereocenters. The molecule has 2 nitrogen and oxygen atoms in total. The van der Waals surface area contributed by atoms with Gasteiger partial charge in [0.25, 0.3) is 0 Å². The standard InChI is InChI=1S/C15H28O2/c1-14(2)8-5-10-15(16,12-14)9-3-6-13-7-4-11-17-13/h13,16H,3-12H2,1-2H3. The Morgan fingerprint density at radius 1 is 1.24 bits per heavy atom. The van der Waals surface area contributed by atoms with Crippen LogP contribution in [-0.2, 0) is 4.74 Å². The number of ether oxygens (including phenoxy) is 1. The van der Waals surface area contributed by atoms with Gasteiger partial charge in [-0.25, -0.2) is 0 Å². The molecule has 0 spiro atoms. The first-order valence-corrected chi connectivity index (χ1v) is 7.33. The van der Waals surface area contributed by atoms with Crippen LogP contribution in [0.15, 0.2) is 0 Å². The molecule has 2 fully saturated rings. The van der Waals surface area contributed by atoms with Gasteiger partial charge >= 0.3 is 0 Å². The summed E-state index contributed by atoms with van der Waals surface area (Å²) in [5, 5.41) is 10.6. The average molecular weight is 240 g/mol. The van der Waals surface area contributed by atoms with E-state index in [4.69, 9.17) is 4.74 Å². The van der Waals surface area contributed by atoms with Crippen molar-refractivity contribution in [1.82, 2.24) is 0 Å². The third kappa shape index (κ3) is 3.96. The van der Waals surface area contributed by atoms with E-state index in [1.54, 1.807) is 0 Å². The molecule has 2 aliphatic rings. The first-order chi connectivity index (χ1) is 7.99. The second-order valence-corrected chi connectivity index (χ2v) is 6.95. The fraction of sp³-hybridized carbons (Fsp3) is 1.00. The summed E-state index contributed by atoms with van der Waals surface area (Å²) < 4.78 is 5.63. The molecule has 2 heteroatoms. The highest BCUT2D eigenvalue weighted by Crippen LogP contribution is 2.43. The van der Waals surface area contributed by atoms with E-state index in [0.29, 0.717) is 11.5 Å². The number of hydrogen-bond acceptors (Lipinski definition) is 2. The average Bonchev–Trinajstić information content (AvgIpc) is 2.68. The van der Waals surface area contributed by atoms with E-state index < -0.39 is 0 Å². The van der Waals surface area contributed by atoms with Gasteiger partial charge in [0.15, 0.2) is 0 Å². The van der Waals surface area contributed by atoms with Crippen LogP contribution in [0.4, 0.5) is 0 Å². The Morgan fingerprint density at radius 2 is 2.06 bits per heavy atom. The van der Waals surface area contributed by atoms with E-state index >= 15 is 0 Å². The Morgan fingerprint density at radius 3 is 2.71 bits per heavy atom. The third-order valence-electron chi connectivity index (χ3n) is 4.50. The molecule has 1 N–H and O–H groups in total. The van der Waals surface area contributed by atoms with Gasteiger partial charge < -0.3 is 9.84 Å². The highest BCUT2D eigenvalue weighted by atomic mass is 16.5. The first kappa shape index (κ1) is 13.4. The minimum Gasteiger partial charge on any atom is -0.390 e. The highest BCUT2D eigenvalue weighted by molar-refractivity contribution is 4.90. The van der Waals surface area contributed by atoms with Crippen LogP contribution in [0.1, 0.15) is 71.6 Å². The van der Waals surface area contributed by atoms with Crippen LogP contribution < -0.4 is 0 Å². The molecule has 100 valence electrons. The predicted octanol–water partition coefficient (Wildman–Crippen LogP) is 3.67. The largest absolute Gasteiger partial charge is 0.390 e. The maximum absolute atomic E-state index is 10.6. The Bertz CT molecular complexity index is 243. The van der Waals surface area contributed by atoms with E-state index in [2.05, 4.69) is 13.8 Å². The molecular weight excluding hydrogens is 212 g/mol. The van der Waals surface area contributed by atoms with Crippen molar-refractivity contribution < 1.29 is 9.84 Å². The summed E-state index contributed by atoms with van der Waals surface area (Å²) in [6, 6.07) is 0. The van der Waals surface area contributed by atoms with Gasteiger partial charge in [0.1, 0.15) is 0 Å². The zero-order chi connectivity index (χ0) is 12.4. The van der Waals surface area contributed by atoms with E-state index in [9.17, 15) is 5.11 Å². The molecule has 2 rings (SSSR count). The molecule has 0 radical (unpaired) electrons. The van der Waals surface area contributed by atoms with Crippen molar-refractivity contribution in [3.05, 3.63) is 0 Å². The van der Waals surface area contributed by atoms with E-state index in [0.717, 1.165) is 38.7 Å². The van der Waals surface area contributed by atoms with E-state index in [-0.39, 0.29) is 5.60 Å². The summed E-state index contributed by atoms with van der Waals surface area (Å²) in [6.07, 6.45) is 10.6. The molecule has 1 saturated heterocycles. The topological polar surface area (TPSA) is 29.5 Å². The first-order valence-electron chi connectivity index (χ1n) is 7.33. The quantitative estimate of drug-likeness (QED) is 0.812. The molecule has 0 aromatic carbocycles. The lowest BCUT2D eigenvalue weighted by atomic mass is 9.68. The molecule has 0 aromatic rings. The Labute approximate surface area is 106 Å². The van der Waals surface area contributed by atoms with E-state index in [1.807, 2.05) is 0 Å². The molecule has 1 aliphatic carbocycles. The number of hydrogen-bond donors (Lipinski definition) is 1. The zero-order valence-corrected chi connectivity index (χ0v) is 11.5. The van der Waals surface area contributed by atoms with Gasteiger partial charge in [0.2, 0.25) is 0 Å². The van der Waals surface area contributed by atoms with Crippen LogP contribution in [0.5, 0.6) is 0 Å². The third-order valence-corrected chi connectivity index (χ3v) is 4.50. The highest BCUT2D eigenvalue weighted by Gasteiger charge is 2.37. The van der Waals surface area contributed by atoms with Crippen molar-refractivity contribution in [2.75, 3.05) is 6.61 Å². The SMILES string of the molecule is CC1(C)CCCC(O)(CCCC2CCCO2)C1. The van der Waals surface area contributed by atoms with Crippen LogP contribution in [0, 0.1) is 5.41 Å². The molecule has 17 heavy (non-hydrogen) atoms. The van der Waals surface area contributed by atoms with Gasteiger partial charge in [-0.05, 0) is 56.8 Å². The van der Waals surface area contributed by atoms with Gasteiger partial charge in [-0.3, -0.25) is 0 Å². The Hall–Kier alpha value is -0.0800. The van der Waals surface area contributed by atoms with Crippen LogP contribution in [-0.4, -0.2) is 23.4 Å². The monoisotopic (exact) mass is 240 g/mol. The fourth-order valence-corrected chi connectivity index (χ4v) is 3.71. The second-order valence-electron chi connectivity index (χ2n) is 6.95. The van der Waals surface area contributed by atoms with Crippen molar-refractivity contribution in [1.29, 1.82) is 0 Å². The smallest absolute Gasteiger partial charge is 0.0653 e. The van der Waals surface area contributed by atoms with Crippen LogP contribution in [0.2, 0.25) is 0 Å². The van der Waals surface area contributed by atoms with Gasteiger partial charge in [-0.15, -0.1) is 0 Å². The predicted molar refractivity (Wildman–Crippen MR) is 70.0 cm³/mol. The summed E-state index contributed by atoms with van der Waals surface area (Å²) in [4.78, 5) is 0. The molecular formula is C15H28O2. The molecule has 0 aromatic heterocycles. The lowest BCUT2D eigenvalue weighted by Gasteiger charge is -2.41. The maximum Gasteiger partial charge on any atom is 0.0653 e. The normalized spacial score (nSPS) is 37.2. The van der Waals surface area contributed by atoms with Crippen molar-refractivity contribution in [3.8, 4) is 0 Å². The Balaban J connectivity index is 1.73. The summed E-state index contributed by atoms with van der Waals surface area (Å²) >= 11 is 0.